The summed E-state index contributed by atoms with van der Waals surface area (Å²) in [7, 11) is 0. The van der Waals surface area contributed by atoms with E-state index in [1.807, 2.05) is 67.6 Å². The molecule has 1 aliphatic rings. The lowest BCUT2D eigenvalue weighted by atomic mass is 10.1. The number of hydrogen-bond acceptors (Lipinski definition) is 6. The van der Waals surface area contributed by atoms with E-state index in [-0.39, 0.29) is 12.5 Å². The first kappa shape index (κ1) is 22.0. The monoisotopic (exact) mass is 450 g/mol. The van der Waals surface area contributed by atoms with Crippen LogP contribution in [0.5, 0.6) is 0 Å². The molecule has 0 bridgehead atoms. The number of anilines is 2. The number of nitrogens with one attached hydrogen (secondary N) is 1. The van der Waals surface area contributed by atoms with Gasteiger partial charge in [0.25, 0.3) is 5.91 Å². The lowest BCUT2D eigenvalue weighted by Gasteiger charge is -2.28. The second-order valence-corrected chi connectivity index (χ2v) is 8.46. The van der Waals surface area contributed by atoms with Crippen LogP contribution in [-0.4, -0.2) is 44.8 Å². The predicted octanol–water partition coefficient (Wildman–Crippen LogP) is 4.61. The second-order valence-electron chi connectivity index (χ2n) is 7.43. The smallest absolute Gasteiger partial charge is 0.348 e. The molecule has 1 saturated heterocycles. The van der Waals surface area contributed by atoms with E-state index in [9.17, 15) is 9.59 Å². The minimum Gasteiger partial charge on any atom is -0.451 e. The molecular formula is C25H26N2O4S. The van der Waals surface area contributed by atoms with Gasteiger partial charge in [-0.2, -0.15) is 0 Å². The topological polar surface area (TPSA) is 67.9 Å². The molecule has 0 aliphatic carbocycles. The van der Waals surface area contributed by atoms with Crippen LogP contribution in [-0.2, 0) is 20.7 Å². The molecule has 3 aromatic rings. The lowest BCUT2D eigenvalue weighted by Crippen LogP contribution is -2.35. The average molecular weight is 451 g/mol. The summed E-state index contributed by atoms with van der Waals surface area (Å²) in [6.07, 6.45) is 0.804. The van der Waals surface area contributed by atoms with Crippen molar-refractivity contribution in [3.05, 3.63) is 71.1 Å². The Morgan fingerprint density at radius 3 is 2.53 bits per heavy atom. The molecule has 1 aliphatic heterocycles. The van der Waals surface area contributed by atoms with E-state index < -0.39 is 5.97 Å². The fourth-order valence-electron chi connectivity index (χ4n) is 3.65. The third kappa shape index (κ3) is 5.18. The fraction of sp³-hybridized carbons (Fsp3) is 0.280. The number of benzene rings is 2. The van der Waals surface area contributed by atoms with E-state index in [0.717, 1.165) is 46.9 Å². The summed E-state index contributed by atoms with van der Waals surface area (Å²) in [5.74, 6) is -0.849. The van der Waals surface area contributed by atoms with E-state index in [1.54, 1.807) is 0 Å². The molecule has 0 saturated carbocycles. The molecule has 6 nitrogen and oxygen atoms in total. The summed E-state index contributed by atoms with van der Waals surface area (Å²) in [5, 5.41) is 3.85. The number of thiophene rings is 1. The van der Waals surface area contributed by atoms with Crippen molar-refractivity contribution in [2.24, 2.45) is 0 Å². The number of para-hydroxylation sites is 1. The van der Waals surface area contributed by atoms with Crippen LogP contribution in [0.15, 0.2) is 60.7 Å². The van der Waals surface area contributed by atoms with Gasteiger partial charge in [-0.05, 0) is 29.7 Å². The van der Waals surface area contributed by atoms with Crippen LogP contribution in [0.25, 0.3) is 11.1 Å². The Hall–Kier alpha value is -3.16. The normalized spacial score (nSPS) is 13.6. The third-order valence-corrected chi connectivity index (χ3v) is 6.48. The Kier molecular flexibility index (Phi) is 7.19. The quantitative estimate of drug-likeness (QED) is 0.533. The van der Waals surface area contributed by atoms with Gasteiger partial charge in [0.1, 0.15) is 4.88 Å². The highest BCUT2D eigenvalue weighted by molar-refractivity contribution is 7.18. The zero-order valence-electron chi connectivity index (χ0n) is 18.0. The number of aryl methyl sites for hydroxylation is 1. The number of esters is 1. The zero-order valence-corrected chi connectivity index (χ0v) is 18.8. The Bertz CT molecular complexity index is 1070. The summed E-state index contributed by atoms with van der Waals surface area (Å²) in [6, 6.07) is 19.4. The molecule has 1 amide bonds. The number of hydrogen-bond donors (Lipinski definition) is 1. The number of morpholine rings is 1. The van der Waals surface area contributed by atoms with Crippen molar-refractivity contribution in [2.45, 2.75) is 13.3 Å². The molecule has 1 aromatic heterocycles. The van der Waals surface area contributed by atoms with Crippen molar-refractivity contribution in [3.63, 3.8) is 0 Å². The summed E-state index contributed by atoms with van der Waals surface area (Å²) in [5.41, 5.74) is 3.81. The second kappa shape index (κ2) is 10.4. The van der Waals surface area contributed by atoms with Crippen LogP contribution in [0.4, 0.5) is 10.7 Å². The molecule has 1 fully saturated rings. The molecule has 7 heteroatoms. The van der Waals surface area contributed by atoms with Gasteiger partial charge >= 0.3 is 5.97 Å². The number of nitrogens with zero attached hydrogens (tertiary/aromatic N) is 1. The highest BCUT2D eigenvalue weighted by Crippen LogP contribution is 2.39. The highest BCUT2D eigenvalue weighted by atomic mass is 32.1. The summed E-state index contributed by atoms with van der Waals surface area (Å²) < 4.78 is 10.8. The van der Waals surface area contributed by atoms with Gasteiger partial charge in [0.05, 0.1) is 18.2 Å². The van der Waals surface area contributed by atoms with Crippen LogP contribution in [0.1, 0.15) is 22.2 Å². The van der Waals surface area contributed by atoms with Crippen LogP contribution in [0.2, 0.25) is 0 Å². The average Bonchev–Trinajstić information content (AvgIpc) is 3.30. The Balaban J connectivity index is 1.47. The molecule has 1 N–H and O–H groups in total. The Morgan fingerprint density at radius 1 is 1.06 bits per heavy atom. The van der Waals surface area contributed by atoms with E-state index in [0.29, 0.717) is 18.1 Å². The van der Waals surface area contributed by atoms with Crippen LogP contribution < -0.4 is 10.2 Å². The number of rotatable bonds is 7. The molecule has 32 heavy (non-hydrogen) atoms. The highest BCUT2D eigenvalue weighted by Gasteiger charge is 2.23. The standard InChI is InChI=1S/C25H26N2O4S/c1-2-18-8-6-7-11-21(18)26-23(28)17-31-25(29)22-16-20(19-9-4-3-5-10-19)24(32-22)27-12-14-30-15-13-27/h3-11,16H,2,12-15,17H2,1H3,(H,26,28). The number of carbonyl (C=O) groups excluding carboxylic acids is 2. The summed E-state index contributed by atoms with van der Waals surface area (Å²) in [4.78, 5) is 27.8. The number of carbonyl (C=O) groups is 2. The molecular weight excluding hydrogens is 424 g/mol. The zero-order chi connectivity index (χ0) is 22.3. The lowest BCUT2D eigenvalue weighted by molar-refractivity contribution is -0.119. The first-order valence-corrected chi connectivity index (χ1v) is 11.5. The molecule has 0 spiro atoms. The molecule has 4 rings (SSSR count). The van der Waals surface area contributed by atoms with Gasteiger partial charge in [0, 0.05) is 24.3 Å². The summed E-state index contributed by atoms with van der Waals surface area (Å²) in [6.45, 7) is 4.55. The van der Waals surface area contributed by atoms with Crippen molar-refractivity contribution in [2.75, 3.05) is 43.1 Å². The van der Waals surface area contributed by atoms with E-state index in [2.05, 4.69) is 10.2 Å². The molecule has 0 atom stereocenters. The minimum atomic E-state index is -0.495. The minimum absolute atomic E-state index is 0.331. The third-order valence-electron chi connectivity index (χ3n) is 5.30. The Morgan fingerprint density at radius 2 is 1.78 bits per heavy atom. The molecule has 2 aromatic carbocycles. The van der Waals surface area contributed by atoms with Crippen LogP contribution in [0, 0.1) is 0 Å². The molecule has 0 radical (unpaired) electrons. The Labute approximate surface area is 191 Å². The van der Waals surface area contributed by atoms with Gasteiger partial charge in [-0.25, -0.2) is 4.79 Å². The van der Waals surface area contributed by atoms with Gasteiger partial charge < -0.3 is 19.7 Å². The van der Waals surface area contributed by atoms with Gasteiger partial charge in [-0.15, -0.1) is 11.3 Å². The maximum Gasteiger partial charge on any atom is 0.348 e. The summed E-state index contributed by atoms with van der Waals surface area (Å²) >= 11 is 1.39. The van der Waals surface area contributed by atoms with Crippen molar-refractivity contribution < 1.29 is 19.1 Å². The van der Waals surface area contributed by atoms with Crippen molar-refractivity contribution in [1.82, 2.24) is 0 Å². The van der Waals surface area contributed by atoms with Crippen molar-refractivity contribution in [3.8, 4) is 11.1 Å². The molecule has 0 unspecified atom stereocenters. The van der Waals surface area contributed by atoms with Crippen LogP contribution in [0.3, 0.4) is 0 Å². The van der Waals surface area contributed by atoms with Gasteiger partial charge in [0.15, 0.2) is 6.61 Å². The largest absolute Gasteiger partial charge is 0.451 e. The van der Waals surface area contributed by atoms with Crippen LogP contribution >= 0.6 is 11.3 Å². The first-order valence-electron chi connectivity index (χ1n) is 10.7. The van der Waals surface area contributed by atoms with Crippen molar-refractivity contribution >= 4 is 33.9 Å². The first-order chi connectivity index (χ1) is 15.7. The maximum atomic E-state index is 12.8. The number of amides is 1. The predicted molar refractivity (Wildman–Crippen MR) is 128 cm³/mol. The van der Waals surface area contributed by atoms with E-state index in [1.165, 1.54) is 11.3 Å². The van der Waals surface area contributed by atoms with Gasteiger partial charge in [0.2, 0.25) is 0 Å². The van der Waals surface area contributed by atoms with Crippen molar-refractivity contribution in [1.29, 1.82) is 0 Å². The SMILES string of the molecule is CCc1ccccc1NC(=O)COC(=O)c1cc(-c2ccccc2)c(N2CCOCC2)s1. The fourth-order valence-corrected chi connectivity index (χ4v) is 4.77. The van der Waals surface area contributed by atoms with E-state index >= 15 is 0 Å². The van der Waals surface area contributed by atoms with E-state index in [4.69, 9.17) is 9.47 Å². The molecule has 166 valence electrons. The maximum absolute atomic E-state index is 12.8. The number of ether oxygens (including phenoxy) is 2. The van der Waals surface area contributed by atoms with Gasteiger partial charge in [-0.3, -0.25) is 4.79 Å². The molecule has 2 heterocycles. The van der Waals surface area contributed by atoms with Gasteiger partial charge in [-0.1, -0.05) is 55.5 Å².